The Morgan fingerprint density at radius 1 is 1.25 bits per heavy atom. The highest BCUT2D eigenvalue weighted by Gasteiger charge is 2.13. The molecule has 20 heavy (non-hydrogen) atoms. The number of aryl methyl sites for hydroxylation is 1. The Labute approximate surface area is 118 Å². The first-order valence-corrected chi connectivity index (χ1v) is 6.50. The van der Waals surface area contributed by atoms with E-state index >= 15 is 0 Å². The van der Waals surface area contributed by atoms with Crippen LogP contribution in [0, 0.1) is 6.92 Å². The van der Waals surface area contributed by atoms with Crippen molar-refractivity contribution in [2.75, 3.05) is 17.2 Å². The molecule has 2 aromatic rings. The van der Waals surface area contributed by atoms with E-state index in [1.54, 1.807) is 12.1 Å². The third kappa shape index (κ3) is 2.74. The molecule has 104 valence electrons. The molecular weight excluding hydrogens is 252 g/mol. The zero-order valence-corrected chi connectivity index (χ0v) is 11.6. The zero-order chi connectivity index (χ0) is 14.7. The summed E-state index contributed by atoms with van der Waals surface area (Å²) in [4.78, 5) is 13.0. The van der Waals surface area contributed by atoms with E-state index in [-0.39, 0.29) is 5.56 Å². The minimum absolute atomic E-state index is 0.201. The molecule has 0 saturated carbocycles. The van der Waals surface area contributed by atoms with Crippen molar-refractivity contribution in [2.24, 2.45) is 0 Å². The predicted octanol–water partition coefficient (Wildman–Crippen LogP) is 3.43. The molecule has 3 N–H and O–H groups in total. The number of carboxylic acid groups (broad SMARTS) is 1. The summed E-state index contributed by atoms with van der Waals surface area (Å²) in [5.41, 5.74) is 9.71. The maximum absolute atomic E-state index is 10.9. The number of nitrogens with two attached hydrogens (primary N) is 1. The van der Waals surface area contributed by atoms with Gasteiger partial charge in [0.05, 0.1) is 16.9 Å². The molecule has 0 unspecified atom stereocenters. The molecule has 4 nitrogen and oxygen atoms in total. The standard InChI is InChI=1S/C16H18N2O2/c1-3-18(13-6-4-5-11(2)9-13)15-8-7-12(16(19)20)10-14(15)17/h4-10H,3,17H2,1-2H3,(H,19,20). The smallest absolute Gasteiger partial charge is 0.335 e. The van der Waals surface area contributed by atoms with Crippen molar-refractivity contribution in [1.82, 2.24) is 0 Å². The average Bonchev–Trinajstić information content (AvgIpc) is 2.41. The maximum Gasteiger partial charge on any atom is 0.335 e. The van der Waals surface area contributed by atoms with E-state index < -0.39 is 5.97 Å². The fourth-order valence-electron chi connectivity index (χ4n) is 2.22. The van der Waals surface area contributed by atoms with Crippen molar-refractivity contribution >= 4 is 23.0 Å². The quantitative estimate of drug-likeness (QED) is 0.835. The van der Waals surface area contributed by atoms with Gasteiger partial charge in [0.1, 0.15) is 0 Å². The molecule has 4 heteroatoms. The van der Waals surface area contributed by atoms with Gasteiger partial charge in [0, 0.05) is 12.2 Å². The lowest BCUT2D eigenvalue weighted by Crippen LogP contribution is -2.18. The molecule has 0 fully saturated rings. The third-order valence-electron chi connectivity index (χ3n) is 3.19. The fourth-order valence-corrected chi connectivity index (χ4v) is 2.22. The summed E-state index contributed by atoms with van der Waals surface area (Å²) in [5, 5.41) is 8.98. The molecule has 0 bridgehead atoms. The van der Waals surface area contributed by atoms with E-state index in [2.05, 4.69) is 11.0 Å². The lowest BCUT2D eigenvalue weighted by atomic mass is 10.1. The largest absolute Gasteiger partial charge is 0.478 e. The van der Waals surface area contributed by atoms with Crippen molar-refractivity contribution < 1.29 is 9.90 Å². The molecule has 0 spiro atoms. The van der Waals surface area contributed by atoms with E-state index in [1.807, 2.05) is 32.0 Å². The van der Waals surface area contributed by atoms with Gasteiger partial charge in [-0.05, 0) is 49.7 Å². The van der Waals surface area contributed by atoms with Gasteiger partial charge >= 0.3 is 5.97 Å². The first kappa shape index (κ1) is 13.9. The number of nitrogens with zero attached hydrogens (tertiary/aromatic N) is 1. The van der Waals surface area contributed by atoms with E-state index in [4.69, 9.17) is 10.8 Å². The summed E-state index contributed by atoms with van der Waals surface area (Å²) in [6.07, 6.45) is 0. The summed E-state index contributed by atoms with van der Waals surface area (Å²) in [7, 11) is 0. The van der Waals surface area contributed by atoms with Crippen LogP contribution in [0.4, 0.5) is 17.1 Å². The van der Waals surface area contributed by atoms with Gasteiger partial charge in [-0.3, -0.25) is 0 Å². The van der Waals surface area contributed by atoms with Gasteiger partial charge in [-0.2, -0.15) is 0 Å². The van der Waals surface area contributed by atoms with Crippen LogP contribution >= 0.6 is 0 Å². The van der Waals surface area contributed by atoms with E-state index in [0.29, 0.717) is 5.69 Å². The number of benzene rings is 2. The van der Waals surface area contributed by atoms with E-state index in [0.717, 1.165) is 17.9 Å². The summed E-state index contributed by atoms with van der Waals surface area (Å²) < 4.78 is 0. The molecule has 0 aromatic heterocycles. The fraction of sp³-hybridized carbons (Fsp3) is 0.188. The average molecular weight is 270 g/mol. The first-order chi connectivity index (χ1) is 9.52. The lowest BCUT2D eigenvalue weighted by molar-refractivity contribution is 0.0697. The number of hydrogen-bond acceptors (Lipinski definition) is 3. The molecular formula is C16H18N2O2. The normalized spacial score (nSPS) is 10.3. The van der Waals surface area contributed by atoms with Crippen molar-refractivity contribution in [3.8, 4) is 0 Å². The second-order valence-corrected chi connectivity index (χ2v) is 4.66. The van der Waals surface area contributed by atoms with Crippen LogP contribution in [0.25, 0.3) is 0 Å². The van der Waals surface area contributed by atoms with Crippen molar-refractivity contribution in [3.63, 3.8) is 0 Å². The van der Waals surface area contributed by atoms with Crippen LogP contribution in [-0.2, 0) is 0 Å². The Morgan fingerprint density at radius 2 is 2.00 bits per heavy atom. The van der Waals surface area contributed by atoms with Crippen LogP contribution < -0.4 is 10.6 Å². The topological polar surface area (TPSA) is 66.6 Å². The highest BCUT2D eigenvalue weighted by Crippen LogP contribution is 2.31. The Balaban J connectivity index is 2.44. The van der Waals surface area contributed by atoms with Gasteiger partial charge in [-0.25, -0.2) is 4.79 Å². The second kappa shape index (κ2) is 5.65. The maximum atomic E-state index is 10.9. The third-order valence-corrected chi connectivity index (χ3v) is 3.19. The number of carbonyl (C=O) groups is 1. The van der Waals surface area contributed by atoms with Gasteiger partial charge in [0.2, 0.25) is 0 Å². The number of nitrogen functional groups attached to an aromatic ring is 1. The van der Waals surface area contributed by atoms with E-state index in [9.17, 15) is 4.79 Å². The molecule has 0 heterocycles. The monoisotopic (exact) mass is 270 g/mol. The zero-order valence-electron chi connectivity index (χ0n) is 11.6. The van der Waals surface area contributed by atoms with Crippen LogP contribution in [0.2, 0.25) is 0 Å². The second-order valence-electron chi connectivity index (χ2n) is 4.66. The minimum atomic E-state index is -0.971. The summed E-state index contributed by atoms with van der Waals surface area (Å²) in [6.45, 7) is 4.82. The van der Waals surface area contributed by atoms with Gasteiger partial charge in [0.15, 0.2) is 0 Å². The molecule has 2 aromatic carbocycles. The van der Waals surface area contributed by atoms with Gasteiger partial charge in [0.25, 0.3) is 0 Å². The molecule has 0 aliphatic heterocycles. The number of carboxylic acids is 1. The summed E-state index contributed by atoms with van der Waals surface area (Å²) in [6, 6.07) is 13.0. The Hall–Kier alpha value is -2.49. The lowest BCUT2D eigenvalue weighted by Gasteiger charge is -2.25. The van der Waals surface area contributed by atoms with Crippen molar-refractivity contribution in [2.45, 2.75) is 13.8 Å². The van der Waals surface area contributed by atoms with Crippen LogP contribution in [0.5, 0.6) is 0 Å². The summed E-state index contributed by atoms with van der Waals surface area (Å²) in [5.74, 6) is -0.971. The van der Waals surface area contributed by atoms with Crippen LogP contribution in [-0.4, -0.2) is 17.6 Å². The Bertz CT molecular complexity index is 638. The van der Waals surface area contributed by atoms with Crippen LogP contribution in [0.15, 0.2) is 42.5 Å². The molecule has 0 amide bonds. The van der Waals surface area contributed by atoms with E-state index in [1.165, 1.54) is 11.6 Å². The minimum Gasteiger partial charge on any atom is -0.478 e. The predicted molar refractivity (Wildman–Crippen MR) is 81.7 cm³/mol. The molecule has 0 atom stereocenters. The molecule has 0 radical (unpaired) electrons. The highest BCUT2D eigenvalue weighted by molar-refractivity contribution is 5.91. The number of anilines is 3. The van der Waals surface area contributed by atoms with Crippen molar-refractivity contribution in [1.29, 1.82) is 0 Å². The van der Waals surface area contributed by atoms with Gasteiger partial charge in [-0.1, -0.05) is 12.1 Å². The van der Waals surface area contributed by atoms with Crippen LogP contribution in [0.1, 0.15) is 22.8 Å². The number of aromatic carboxylic acids is 1. The summed E-state index contributed by atoms with van der Waals surface area (Å²) >= 11 is 0. The Morgan fingerprint density at radius 3 is 2.55 bits per heavy atom. The molecule has 0 aliphatic carbocycles. The highest BCUT2D eigenvalue weighted by atomic mass is 16.4. The Kier molecular flexibility index (Phi) is 3.94. The molecule has 2 rings (SSSR count). The van der Waals surface area contributed by atoms with Crippen molar-refractivity contribution in [3.05, 3.63) is 53.6 Å². The molecule has 0 saturated heterocycles. The first-order valence-electron chi connectivity index (χ1n) is 6.50. The van der Waals surface area contributed by atoms with Crippen LogP contribution in [0.3, 0.4) is 0 Å². The van der Waals surface area contributed by atoms with Gasteiger partial charge < -0.3 is 15.7 Å². The van der Waals surface area contributed by atoms with Gasteiger partial charge in [-0.15, -0.1) is 0 Å². The number of hydrogen-bond donors (Lipinski definition) is 2. The number of rotatable bonds is 4. The SMILES string of the molecule is CCN(c1cccc(C)c1)c1ccc(C(=O)O)cc1N. The molecule has 0 aliphatic rings.